The van der Waals surface area contributed by atoms with Gasteiger partial charge in [0.2, 0.25) is 0 Å². The Labute approximate surface area is 193 Å². The van der Waals surface area contributed by atoms with Crippen LogP contribution in [0.3, 0.4) is 0 Å². The summed E-state index contributed by atoms with van der Waals surface area (Å²) in [6.07, 6.45) is 4.66. The molecule has 4 rings (SSSR count). The third-order valence-corrected chi connectivity index (χ3v) is 12.1. The monoisotopic (exact) mass is 445 g/mol. The molecule has 0 amide bonds. The van der Waals surface area contributed by atoms with Gasteiger partial charge in [0.05, 0.1) is 6.57 Å². The Morgan fingerprint density at radius 1 is 1.16 bits per heavy atom. The molecule has 0 aliphatic heterocycles. The molecule has 1 aliphatic carbocycles. The molecule has 1 heterocycles. The van der Waals surface area contributed by atoms with Crippen LogP contribution in [-0.2, 0) is 11.0 Å². The zero-order valence-corrected chi connectivity index (χ0v) is 21.2. The van der Waals surface area contributed by atoms with Crippen LogP contribution in [0.1, 0.15) is 39.2 Å². The summed E-state index contributed by atoms with van der Waals surface area (Å²) in [5, 5.41) is 1.34. The number of nitrogens with zero attached hydrogens (tertiary/aromatic N) is 2. The molecule has 1 aromatic heterocycles. The highest BCUT2D eigenvalue weighted by Crippen LogP contribution is 2.50. The molecule has 0 saturated heterocycles. The minimum absolute atomic E-state index is 0.210. The maximum Gasteiger partial charge on any atom is 0.192 e. The highest BCUT2D eigenvalue weighted by Gasteiger charge is 2.46. The summed E-state index contributed by atoms with van der Waals surface area (Å²) >= 11 is 0. The smallest absolute Gasteiger partial charge is 0.192 e. The Balaban J connectivity index is 1.71. The normalized spacial score (nSPS) is 15.7. The average Bonchev–Trinajstić information content (AvgIpc) is 3.42. The first-order valence-electron chi connectivity index (χ1n) is 11.5. The Morgan fingerprint density at radius 3 is 2.50 bits per heavy atom. The van der Waals surface area contributed by atoms with E-state index in [4.69, 9.17) is 16.7 Å². The topological polar surface area (TPSA) is 44.5 Å². The predicted molar refractivity (Wildman–Crippen MR) is 138 cm³/mol. The van der Waals surface area contributed by atoms with Crippen molar-refractivity contribution in [2.24, 2.45) is 5.41 Å². The molecule has 32 heavy (non-hydrogen) atoms. The molecule has 1 saturated carbocycles. The van der Waals surface area contributed by atoms with Gasteiger partial charge in [-0.05, 0) is 72.6 Å². The number of hydrogen-bond acceptors (Lipinski definition) is 2. The maximum absolute atomic E-state index is 7.48. The number of aromatic nitrogens is 1. The van der Waals surface area contributed by atoms with Crippen molar-refractivity contribution in [2.45, 2.75) is 65.2 Å². The van der Waals surface area contributed by atoms with E-state index in [-0.39, 0.29) is 10.5 Å². The van der Waals surface area contributed by atoms with Gasteiger partial charge in [-0.3, -0.25) is 0 Å². The van der Waals surface area contributed by atoms with E-state index in [0.717, 1.165) is 40.9 Å². The van der Waals surface area contributed by atoms with E-state index in [0.29, 0.717) is 5.69 Å². The van der Waals surface area contributed by atoms with Crippen molar-refractivity contribution in [1.82, 2.24) is 4.57 Å². The summed E-state index contributed by atoms with van der Waals surface area (Å²) in [5.74, 6) is 0. The van der Waals surface area contributed by atoms with Crippen LogP contribution in [0.15, 0.2) is 42.6 Å². The molecular weight excluding hydrogens is 410 g/mol. The zero-order chi connectivity index (χ0) is 23.3. The van der Waals surface area contributed by atoms with Gasteiger partial charge in [0.25, 0.3) is 0 Å². The van der Waals surface area contributed by atoms with Crippen LogP contribution in [0.5, 0.6) is 0 Å². The highest BCUT2D eigenvalue weighted by atomic mass is 28.4. The number of benzene rings is 2. The number of anilines is 1. The van der Waals surface area contributed by atoms with E-state index >= 15 is 0 Å². The Bertz CT molecular complexity index is 1210. The van der Waals surface area contributed by atoms with Crippen LogP contribution in [0.25, 0.3) is 26.9 Å². The first kappa shape index (κ1) is 22.6. The third-order valence-electron chi connectivity index (χ3n) is 7.67. The summed E-state index contributed by atoms with van der Waals surface area (Å²) in [4.78, 5) is 3.67. The predicted octanol–water partition coefficient (Wildman–Crippen LogP) is 7.55. The molecule has 1 fully saturated rings. The van der Waals surface area contributed by atoms with Gasteiger partial charge >= 0.3 is 0 Å². The van der Waals surface area contributed by atoms with Crippen LogP contribution >= 0.6 is 0 Å². The van der Waals surface area contributed by atoms with Crippen molar-refractivity contribution in [1.29, 1.82) is 0 Å². The summed E-state index contributed by atoms with van der Waals surface area (Å²) < 4.78 is 9.02. The number of nitrogens with two attached hydrogens (primary N) is 1. The lowest BCUT2D eigenvalue weighted by atomic mass is 9.99. The lowest BCUT2D eigenvalue weighted by Gasteiger charge is -2.37. The van der Waals surface area contributed by atoms with Crippen molar-refractivity contribution in [3.8, 4) is 11.1 Å². The Kier molecular flexibility index (Phi) is 5.51. The van der Waals surface area contributed by atoms with Crippen LogP contribution in [0, 0.1) is 18.9 Å². The van der Waals surface area contributed by atoms with Gasteiger partial charge in [0.15, 0.2) is 14.0 Å². The first-order valence-corrected chi connectivity index (χ1v) is 14.4. The Morgan fingerprint density at radius 2 is 1.88 bits per heavy atom. The van der Waals surface area contributed by atoms with Gasteiger partial charge in [-0.2, -0.15) is 0 Å². The zero-order valence-electron chi connectivity index (χ0n) is 20.2. The molecule has 0 spiro atoms. The van der Waals surface area contributed by atoms with Crippen LogP contribution < -0.4 is 5.73 Å². The molecule has 0 unspecified atom stereocenters. The molecule has 168 valence electrons. The SMILES string of the molecule is [C-]#[N+]c1ccc2c(c1)c(-c1cccc(N)c1C)cn2CC1(CO[Si](C)(C)C(C)(C)C)CC1. The second-order valence-electron chi connectivity index (χ2n) is 11.1. The number of hydrogen-bond donors (Lipinski definition) is 1. The Hall–Kier alpha value is -2.55. The van der Waals surface area contributed by atoms with Crippen LogP contribution in [0.2, 0.25) is 18.1 Å². The standard InChI is InChI=1S/C27H35N3OSi/c1-19-21(9-8-10-24(19)28)23-16-30(25-12-11-20(29-5)15-22(23)25)17-27(13-14-27)18-31-32(6,7)26(2,3)4/h8-12,15-16H,13-14,17-18,28H2,1-4,6-7H3. The fourth-order valence-corrected chi connectivity index (χ4v) is 5.18. The van der Waals surface area contributed by atoms with E-state index in [9.17, 15) is 0 Å². The van der Waals surface area contributed by atoms with Crippen LogP contribution in [-0.4, -0.2) is 19.5 Å². The fraction of sp³-hybridized carbons (Fsp3) is 0.444. The van der Waals surface area contributed by atoms with Crippen molar-refractivity contribution in [2.75, 3.05) is 12.3 Å². The lowest BCUT2D eigenvalue weighted by molar-refractivity contribution is 0.199. The number of fused-ring (bicyclic) bond motifs is 1. The lowest BCUT2D eigenvalue weighted by Crippen LogP contribution is -2.42. The van der Waals surface area contributed by atoms with Crippen molar-refractivity contribution in [3.05, 3.63) is 59.6 Å². The summed E-state index contributed by atoms with van der Waals surface area (Å²) in [6.45, 7) is 22.9. The van der Waals surface area contributed by atoms with Crippen molar-refractivity contribution in [3.63, 3.8) is 0 Å². The molecule has 0 bridgehead atoms. The largest absolute Gasteiger partial charge is 0.416 e. The first-order chi connectivity index (χ1) is 15.0. The minimum Gasteiger partial charge on any atom is -0.416 e. The molecule has 1 aliphatic rings. The average molecular weight is 446 g/mol. The molecule has 5 heteroatoms. The quantitative estimate of drug-likeness (QED) is 0.242. The molecule has 2 N–H and O–H groups in total. The second kappa shape index (κ2) is 7.79. The summed E-state index contributed by atoms with van der Waals surface area (Å²) in [5.41, 5.74) is 12.4. The molecule has 3 aromatic rings. The van der Waals surface area contributed by atoms with E-state index in [2.05, 4.69) is 68.5 Å². The molecule has 4 nitrogen and oxygen atoms in total. The maximum atomic E-state index is 7.48. The minimum atomic E-state index is -1.78. The van der Waals surface area contributed by atoms with Gasteiger partial charge < -0.3 is 14.7 Å². The van der Waals surface area contributed by atoms with Gasteiger partial charge in [0.1, 0.15) is 0 Å². The van der Waals surface area contributed by atoms with Crippen LogP contribution in [0.4, 0.5) is 11.4 Å². The van der Waals surface area contributed by atoms with Gasteiger partial charge in [-0.15, -0.1) is 0 Å². The van der Waals surface area contributed by atoms with Crippen molar-refractivity contribution < 1.29 is 4.43 Å². The summed E-state index contributed by atoms with van der Waals surface area (Å²) in [7, 11) is -1.78. The highest BCUT2D eigenvalue weighted by molar-refractivity contribution is 6.74. The second-order valence-corrected chi connectivity index (χ2v) is 15.9. The molecule has 2 aromatic carbocycles. The fourth-order valence-electron chi connectivity index (χ4n) is 4.08. The molecule has 0 atom stereocenters. The molecule has 0 radical (unpaired) electrons. The van der Waals surface area contributed by atoms with E-state index in [1.165, 1.54) is 18.4 Å². The van der Waals surface area contributed by atoms with E-state index < -0.39 is 8.32 Å². The van der Waals surface area contributed by atoms with E-state index in [1.54, 1.807) is 0 Å². The summed E-state index contributed by atoms with van der Waals surface area (Å²) in [6, 6.07) is 12.1. The number of nitrogen functional groups attached to an aromatic ring is 1. The van der Waals surface area contributed by atoms with Gasteiger partial charge in [-0.25, -0.2) is 4.85 Å². The van der Waals surface area contributed by atoms with E-state index in [1.807, 2.05) is 24.3 Å². The number of rotatable bonds is 6. The van der Waals surface area contributed by atoms with Gasteiger partial charge in [0, 0.05) is 41.5 Å². The molecular formula is C27H35N3OSi. The van der Waals surface area contributed by atoms with Crippen molar-refractivity contribution >= 4 is 30.6 Å². The van der Waals surface area contributed by atoms with Gasteiger partial charge in [-0.1, -0.05) is 39.0 Å². The third kappa shape index (κ3) is 4.10.